The standard InChI is InChI=1S/C28H25ClFNO5/c1-4-7-26(32)35-14-15-36-28(34)31(25-13-10-20(30)16-19(25)3)21-11-12-23(24(29)17-21)27(33)22-9-6-5-8-18(22)2/h4-13,16-17H,14-15H2,1-3H3. The van der Waals surface area contributed by atoms with Crippen LogP contribution in [0.5, 0.6) is 0 Å². The Morgan fingerprint density at radius 2 is 1.64 bits per heavy atom. The van der Waals surface area contributed by atoms with E-state index in [4.69, 9.17) is 21.1 Å². The fraction of sp³-hybridized carbons (Fsp3) is 0.179. The second kappa shape index (κ2) is 12.1. The molecule has 0 bridgehead atoms. The predicted octanol–water partition coefficient (Wildman–Crippen LogP) is 6.72. The highest BCUT2D eigenvalue weighted by molar-refractivity contribution is 6.35. The molecule has 0 aliphatic carbocycles. The average Bonchev–Trinajstić information content (AvgIpc) is 2.83. The maximum Gasteiger partial charge on any atom is 0.419 e. The molecule has 1 amide bonds. The van der Waals surface area contributed by atoms with E-state index in [2.05, 4.69) is 0 Å². The Morgan fingerprint density at radius 3 is 2.31 bits per heavy atom. The zero-order valence-electron chi connectivity index (χ0n) is 20.1. The van der Waals surface area contributed by atoms with Gasteiger partial charge >= 0.3 is 12.1 Å². The molecule has 36 heavy (non-hydrogen) atoms. The highest BCUT2D eigenvalue weighted by Crippen LogP contribution is 2.33. The Morgan fingerprint density at radius 1 is 0.917 bits per heavy atom. The fourth-order valence-electron chi connectivity index (χ4n) is 3.53. The van der Waals surface area contributed by atoms with Gasteiger partial charge in [-0.15, -0.1) is 0 Å². The molecule has 0 spiro atoms. The summed E-state index contributed by atoms with van der Waals surface area (Å²) in [5.74, 6) is -1.27. The molecule has 8 heteroatoms. The number of esters is 1. The minimum absolute atomic E-state index is 0.138. The number of ether oxygens (including phenoxy) is 2. The number of aryl methyl sites for hydroxylation is 2. The van der Waals surface area contributed by atoms with Crippen LogP contribution in [0.3, 0.4) is 0 Å². The zero-order chi connectivity index (χ0) is 26.2. The molecule has 0 saturated heterocycles. The lowest BCUT2D eigenvalue weighted by Gasteiger charge is -2.24. The number of amides is 1. The second-order valence-corrected chi connectivity index (χ2v) is 8.26. The highest BCUT2D eigenvalue weighted by Gasteiger charge is 2.24. The summed E-state index contributed by atoms with van der Waals surface area (Å²) in [7, 11) is 0. The van der Waals surface area contributed by atoms with Crippen LogP contribution in [-0.4, -0.2) is 31.1 Å². The number of ketones is 1. The Kier molecular flexibility index (Phi) is 8.97. The van der Waals surface area contributed by atoms with Gasteiger partial charge < -0.3 is 9.47 Å². The third kappa shape index (κ3) is 6.37. The largest absolute Gasteiger partial charge is 0.459 e. The van der Waals surface area contributed by atoms with Gasteiger partial charge in [-0.1, -0.05) is 41.9 Å². The first-order chi connectivity index (χ1) is 17.2. The molecule has 0 saturated carbocycles. The second-order valence-electron chi connectivity index (χ2n) is 7.86. The summed E-state index contributed by atoms with van der Waals surface area (Å²) in [4.78, 5) is 38.8. The fourth-order valence-corrected chi connectivity index (χ4v) is 3.79. The minimum Gasteiger partial charge on any atom is -0.459 e. The molecule has 3 aromatic rings. The molecule has 0 aliphatic heterocycles. The van der Waals surface area contributed by atoms with Gasteiger partial charge in [0.05, 0.1) is 16.4 Å². The average molecular weight is 510 g/mol. The van der Waals surface area contributed by atoms with E-state index in [0.717, 1.165) is 5.56 Å². The van der Waals surface area contributed by atoms with Crippen LogP contribution in [0, 0.1) is 19.7 Å². The first-order valence-electron chi connectivity index (χ1n) is 11.1. The van der Waals surface area contributed by atoms with Crippen LogP contribution in [-0.2, 0) is 14.3 Å². The number of carbonyl (C=O) groups excluding carboxylic acids is 3. The summed E-state index contributed by atoms with van der Waals surface area (Å²) >= 11 is 6.50. The van der Waals surface area contributed by atoms with Gasteiger partial charge in [0.1, 0.15) is 19.0 Å². The van der Waals surface area contributed by atoms with E-state index in [0.29, 0.717) is 22.5 Å². The summed E-state index contributed by atoms with van der Waals surface area (Å²) in [5, 5.41) is 0.138. The van der Waals surface area contributed by atoms with Gasteiger partial charge in [0.2, 0.25) is 0 Å². The molecule has 3 rings (SSSR count). The zero-order valence-corrected chi connectivity index (χ0v) is 20.8. The number of carbonyl (C=O) groups is 3. The number of nitrogens with zero attached hydrogens (tertiary/aromatic N) is 1. The van der Waals surface area contributed by atoms with Crippen LogP contribution < -0.4 is 4.90 Å². The Bertz CT molecular complexity index is 1320. The first kappa shape index (κ1) is 26.6. The third-order valence-corrected chi connectivity index (χ3v) is 5.60. The summed E-state index contributed by atoms with van der Waals surface area (Å²) in [6.07, 6.45) is 1.99. The van der Waals surface area contributed by atoms with Gasteiger partial charge in [-0.2, -0.15) is 0 Å². The van der Waals surface area contributed by atoms with Crippen LogP contribution in [0.15, 0.2) is 72.8 Å². The number of hydrogen-bond acceptors (Lipinski definition) is 5. The van der Waals surface area contributed by atoms with E-state index in [1.165, 1.54) is 47.4 Å². The number of allylic oxidation sites excluding steroid dienone is 1. The minimum atomic E-state index is -0.791. The van der Waals surface area contributed by atoms with E-state index in [9.17, 15) is 18.8 Å². The molecule has 0 unspecified atom stereocenters. The van der Waals surface area contributed by atoms with Crippen molar-refractivity contribution < 1.29 is 28.2 Å². The van der Waals surface area contributed by atoms with Crippen LogP contribution >= 0.6 is 11.6 Å². The van der Waals surface area contributed by atoms with E-state index < -0.39 is 17.9 Å². The van der Waals surface area contributed by atoms with Gasteiger partial charge in [-0.25, -0.2) is 18.9 Å². The molecule has 186 valence electrons. The van der Waals surface area contributed by atoms with E-state index in [-0.39, 0.29) is 29.6 Å². The number of rotatable bonds is 8. The van der Waals surface area contributed by atoms with Gasteiger partial charge in [0, 0.05) is 17.2 Å². The molecular formula is C28H25ClFNO5. The van der Waals surface area contributed by atoms with E-state index >= 15 is 0 Å². The number of benzene rings is 3. The quantitative estimate of drug-likeness (QED) is 0.146. The van der Waals surface area contributed by atoms with Gasteiger partial charge in [0.25, 0.3) is 0 Å². The van der Waals surface area contributed by atoms with Crippen molar-refractivity contribution >= 4 is 40.8 Å². The summed E-state index contributed by atoms with van der Waals surface area (Å²) in [5.41, 5.74) is 2.75. The lowest BCUT2D eigenvalue weighted by Crippen LogP contribution is -2.29. The first-order valence-corrected chi connectivity index (χ1v) is 11.5. The monoisotopic (exact) mass is 509 g/mol. The van der Waals surface area contributed by atoms with Crippen molar-refractivity contribution in [1.82, 2.24) is 0 Å². The Labute approximate surface area is 213 Å². The van der Waals surface area contributed by atoms with Crippen LogP contribution in [0.25, 0.3) is 0 Å². The number of hydrogen-bond donors (Lipinski definition) is 0. The van der Waals surface area contributed by atoms with Crippen molar-refractivity contribution in [3.8, 4) is 0 Å². The van der Waals surface area contributed by atoms with Gasteiger partial charge in [0.15, 0.2) is 5.78 Å². The van der Waals surface area contributed by atoms with Crippen LogP contribution in [0.1, 0.15) is 34.0 Å². The molecule has 0 aromatic heterocycles. The molecule has 0 heterocycles. The van der Waals surface area contributed by atoms with Crippen molar-refractivity contribution in [1.29, 1.82) is 0 Å². The maximum absolute atomic E-state index is 13.8. The van der Waals surface area contributed by atoms with Crippen LogP contribution in [0.2, 0.25) is 5.02 Å². The van der Waals surface area contributed by atoms with Crippen molar-refractivity contribution in [3.05, 3.63) is 106 Å². The van der Waals surface area contributed by atoms with Crippen molar-refractivity contribution in [3.63, 3.8) is 0 Å². The summed E-state index contributed by atoms with van der Waals surface area (Å²) < 4.78 is 24.0. The smallest absolute Gasteiger partial charge is 0.419 e. The molecule has 0 aliphatic rings. The van der Waals surface area contributed by atoms with Crippen molar-refractivity contribution in [2.24, 2.45) is 0 Å². The molecule has 0 atom stereocenters. The molecule has 6 nitrogen and oxygen atoms in total. The van der Waals surface area contributed by atoms with Crippen LogP contribution in [0.4, 0.5) is 20.6 Å². The Hall–Kier alpha value is -3.97. The Balaban J connectivity index is 1.91. The molecule has 0 N–H and O–H groups in total. The molecular weight excluding hydrogens is 485 g/mol. The maximum atomic E-state index is 13.8. The van der Waals surface area contributed by atoms with Crippen molar-refractivity contribution in [2.45, 2.75) is 20.8 Å². The van der Waals surface area contributed by atoms with Gasteiger partial charge in [-0.05, 0) is 68.3 Å². The number of anilines is 2. The topological polar surface area (TPSA) is 72.9 Å². The normalized spacial score (nSPS) is 10.8. The number of halogens is 2. The summed E-state index contributed by atoms with van der Waals surface area (Å²) in [6, 6.07) is 15.7. The highest BCUT2D eigenvalue weighted by atomic mass is 35.5. The molecule has 0 radical (unpaired) electrons. The van der Waals surface area contributed by atoms with E-state index in [1.54, 1.807) is 32.0 Å². The molecule has 3 aromatic carbocycles. The lowest BCUT2D eigenvalue weighted by molar-refractivity contribution is -0.138. The predicted molar refractivity (Wildman–Crippen MR) is 136 cm³/mol. The lowest BCUT2D eigenvalue weighted by atomic mass is 9.99. The van der Waals surface area contributed by atoms with E-state index in [1.807, 2.05) is 19.1 Å². The van der Waals surface area contributed by atoms with Gasteiger partial charge in [-0.3, -0.25) is 4.79 Å². The van der Waals surface area contributed by atoms with Crippen molar-refractivity contribution in [2.75, 3.05) is 18.1 Å². The summed E-state index contributed by atoms with van der Waals surface area (Å²) in [6.45, 7) is 4.82. The SMILES string of the molecule is CC=CC(=O)OCCOC(=O)N(c1ccc(C(=O)c2ccccc2C)c(Cl)c1)c1ccc(F)cc1C. The molecule has 0 fully saturated rings. The third-order valence-electron chi connectivity index (χ3n) is 5.28.